The SMILES string of the molecule is Cc1c(SN2CCc3nn(C)cc3C2)cc(C=O)n1C. The fraction of sp³-hybridized carbons (Fsp3) is 0.429. The first-order valence-corrected chi connectivity index (χ1v) is 7.41. The van der Waals surface area contributed by atoms with Gasteiger partial charge in [-0.15, -0.1) is 0 Å². The molecule has 0 N–H and O–H groups in total. The van der Waals surface area contributed by atoms with Crippen molar-refractivity contribution in [3.05, 3.63) is 34.9 Å². The quantitative estimate of drug-likeness (QED) is 0.640. The van der Waals surface area contributed by atoms with E-state index < -0.39 is 0 Å². The summed E-state index contributed by atoms with van der Waals surface area (Å²) in [6, 6.07) is 1.96. The molecule has 1 aliphatic rings. The number of fused-ring (bicyclic) bond motifs is 1. The Labute approximate surface area is 122 Å². The van der Waals surface area contributed by atoms with Crippen molar-refractivity contribution >= 4 is 18.2 Å². The van der Waals surface area contributed by atoms with E-state index >= 15 is 0 Å². The van der Waals surface area contributed by atoms with Crippen LogP contribution in [0.3, 0.4) is 0 Å². The van der Waals surface area contributed by atoms with Gasteiger partial charge in [-0.2, -0.15) is 5.10 Å². The first-order chi connectivity index (χ1) is 9.58. The summed E-state index contributed by atoms with van der Waals surface area (Å²) in [5.74, 6) is 0. The lowest BCUT2D eigenvalue weighted by Crippen LogP contribution is -2.24. The second kappa shape index (κ2) is 5.10. The molecule has 1 aliphatic heterocycles. The van der Waals surface area contributed by atoms with Gasteiger partial charge in [-0.25, -0.2) is 4.31 Å². The fourth-order valence-electron chi connectivity index (χ4n) is 2.54. The molecular formula is C14H18N4OS. The minimum absolute atomic E-state index is 0.726. The molecule has 2 aromatic heterocycles. The van der Waals surface area contributed by atoms with Crippen molar-refractivity contribution in [2.24, 2.45) is 14.1 Å². The van der Waals surface area contributed by atoms with Crippen LogP contribution >= 0.6 is 11.9 Å². The van der Waals surface area contributed by atoms with Crippen molar-refractivity contribution in [1.82, 2.24) is 18.7 Å². The van der Waals surface area contributed by atoms with Crippen molar-refractivity contribution in [3.63, 3.8) is 0 Å². The Bertz CT molecular complexity index is 658. The molecule has 0 atom stereocenters. The van der Waals surface area contributed by atoms with Crippen LogP contribution in [0, 0.1) is 6.92 Å². The maximum atomic E-state index is 11.0. The highest BCUT2D eigenvalue weighted by atomic mass is 32.2. The average Bonchev–Trinajstić information content (AvgIpc) is 2.92. The first-order valence-electron chi connectivity index (χ1n) is 6.64. The van der Waals surface area contributed by atoms with Crippen LogP contribution in [-0.4, -0.2) is 31.5 Å². The van der Waals surface area contributed by atoms with E-state index in [9.17, 15) is 4.79 Å². The van der Waals surface area contributed by atoms with Crippen LogP contribution in [0.25, 0.3) is 0 Å². The lowest BCUT2D eigenvalue weighted by atomic mass is 10.1. The minimum Gasteiger partial charge on any atom is -0.345 e. The number of carbonyl (C=O) groups is 1. The van der Waals surface area contributed by atoms with Gasteiger partial charge in [0.25, 0.3) is 0 Å². The molecule has 0 saturated carbocycles. The van der Waals surface area contributed by atoms with Crippen molar-refractivity contribution in [1.29, 1.82) is 0 Å². The number of hydrogen-bond donors (Lipinski definition) is 0. The zero-order valence-corrected chi connectivity index (χ0v) is 12.8. The molecule has 5 nitrogen and oxygen atoms in total. The third-order valence-electron chi connectivity index (χ3n) is 3.81. The topological polar surface area (TPSA) is 43.1 Å². The maximum Gasteiger partial charge on any atom is 0.166 e. The zero-order valence-electron chi connectivity index (χ0n) is 12.0. The van der Waals surface area contributed by atoms with Gasteiger partial charge in [-0.3, -0.25) is 9.48 Å². The van der Waals surface area contributed by atoms with E-state index in [1.807, 2.05) is 29.4 Å². The fourth-order valence-corrected chi connectivity index (χ4v) is 3.65. The van der Waals surface area contributed by atoms with Gasteiger partial charge in [-0.05, 0) is 24.9 Å². The number of nitrogens with zero attached hydrogens (tertiary/aromatic N) is 4. The van der Waals surface area contributed by atoms with E-state index in [-0.39, 0.29) is 0 Å². The number of aldehydes is 1. The van der Waals surface area contributed by atoms with Crippen molar-refractivity contribution in [2.75, 3.05) is 6.54 Å². The van der Waals surface area contributed by atoms with E-state index in [2.05, 4.69) is 22.5 Å². The highest BCUT2D eigenvalue weighted by Crippen LogP contribution is 2.32. The number of hydrogen-bond acceptors (Lipinski definition) is 4. The third-order valence-corrected chi connectivity index (χ3v) is 4.99. The molecule has 106 valence electrons. The second-order valence-electron chi connectivity index (χ2n) is 5.18. The Morgan fingerprint density at radius 2 is 2.20 bits per heavy atom. The van der Waals surface area contributed by atoms with E-state index in [1.54, 1.807) is 11.9 Å². The predicted octanol–water partition coefficient (Wildman–Crippen LogP) is 1.94. The molecule has 0 unspecified atom stereocenters. The molecule has 6 heteroatoms. The molecule has 20 heavy (non-hydrogen) atoms. The maximum absolute atomic E-state index is 11.0. The summed E-state index contributed by atoms with van der Waals surface area (Å²) in [7, 11) is 3.89. The van der Waals surface area contributed by atoms with Crippen molar-refractivity contribution in [2.45, 2.75) is 24.8 Å². The van der Waals surface area contributed by atoms with E-state index in [1.165, 1.54) is 11.3 Å². The summed E-state index contributed by atoms with van der Waals surface area (Å²) >= 11 is 1.73. The van der Waals surface area contributed by atoms with Crippen LogP contribution in [0.4, 0.5) is 0 Å². The lowest BCUT2D eigenvalue weighted by Gasteiger charge is -2.24. The van der Waals surface area contributed by atoms with E-state index in [4.69, 9.17) is 0 Å². The van der Waals surface area contributed by atoms with Gasteiger partial charge >= 0.3 is 0 Å². The summed E-state index contributed by atoms with van der Waals surface area (Å²) in [6.07, 6.45) is 3.98. The molecule has 0 amide bonds. The number of carbonyl (C=O) groups excluding carboxylic acids is 1. The molecule has 0 bridgehead atoms. The highest BCUT2D eigenvalue weighted by molar-refractivity contribution is 7.97. The van der Waals surface area contributed by atoms with Gasteiger partial charge in [0.05, 0.1) is 11.4 Å². The molecule has 3 rings (SSSR count). The summed E-state index contributed by atoms with van der Waals surface area (Å²) < 4.78 is 6.16. The average molecular weight is 290 g/mol. The zero-order chi connectivity index (χ0) is 14.3. The third kappa shape index (κ3) is 2.29. The van der Waals surface area contributed by atoms with E-state index in [0.29, 0.717) is 0 Å². The minimum atomic E-state index is 0.726. The van der Waals surface area contributed by atoms with Gasteiger partial charge in [0.2, 0.25) is 0 Å². The van der Waals surface area contributed by atoms with Crippen LogP contribution in [0.2, 0.25) is 0 Å². The number of rotatable bonds is 3. The Kier molecular flexibility index (Phi) is 3.43. The molecule has 0 saturated heterocycles. The molecular weight excluding hydrogens is 272 g/mol. The Hall–Kier alpha value is -1.53. The Morgan fingerprint density at radius 3 is 2.90 bits per heavy atom. The normalized spacial score (nSPS) is 15.3. The number of aromatic nitrogens is 3. The second-order valence-corrected chi connectivity index (χ2v) is 6.31. The monoisotopic (exact) mass is 290 g/mol. The molecule has 0 spiro atoms. The molecule has 0 aliphatic carbocycles. The van der Waals surface area contributed by atoms with Crippen LogP contribution in [-0.2, 0) is 27.1 Å². The van der Waals surface area contributed by atoms with Gasteiger partial charge in [0.15, 0.2) is 6.29 Å². The van der Waals surface area contributed by atoms with Gasteiger partial charge < -0.3 is 4.57 Å². The molecule has 0 fully saturated rings. The van der Waals surface area contributed by atoms with Crippen LogP contribution in [0.5, 0.6) is 0 Å². The van der Waals surface area contributed by atoms with Crippen molar-refractivity contribution < 1.29 is 4.79 Å². The Morgan fingerprint density at radius 1 is 1.40 bits per heavy atom. The molecule has 0 aromatic carbocycles. The van der Waals surface area contributed by atoms with Gasteiger partial charge in [0, 0.05) is 56.0 Å². The number of aryl methyl sites for hydroxylation is 1. The lowest BCUT2D eigenvalue weighted by molar-refractivity contribution is 0.111. The highest BCUT2D eigenvalue weighted by Gasteiger charge is 2.21. The van der Waals surface area contributed by atoms with E-state index in [0.717, 1.165) is 42.1 Å². The van der Waals surface area contributed by atoms with Crippen molar-refractivity contribution in [3.8, 4) is 0 Å². The molecule has 2 aromatic rings. The summed E-state index contributed by atoms with van der Waals surface area (Å²) in [5.41, 5.74) is 4.37. The molecule has 0 radical (unpaired) electrons. The predicted molar refractivity (Wildman–Crippen MR) is 78.7 cm³/mol. The van der Waals surface area contributed by atoms with Crippen LogP contribution in [0.15, 0.2) is 17.2 Å². The van der Waals surface area contributed by atoms with Crippen LogP contribution in [0.1, 0.15) is 27.4 Å². The Balaban J connectivity index is 1.78. The summed E-state index contributed by atoms with van der Waals surface area (Å²) in [5, 5.41) is 4.47. The largest absolute Gasteiger partial charge is 0.345 e. The smallest absolute Gasteiger partial charge is 0.166 e. The van der Waals surface area contributed by atoms with Crippen LogP contribution < -0.4 is 0 Å². The van der Waals surface area contributed by atoms with Gasteiger partial charge in [-0.1, -0.05) is 0 Å². The molecule has 3 heterocycles. The first kappa shape index (κ1) is 13.5. The van der Waals surface area contributed by atoms with Gasteiger partial charge in [0.1, 0.15) is 0 Å². The summed E-state index contributed by atoms with van der Waals surface area (Å²) in [4.78, 5) is 12.2. The standard InChI is InChI=1S/C14H18N4OS/c1-10-14(6-12(9-19)17(10)3)20-18-5-4-13-11(8-18)7-16(2)15-13/h6-7,9H,4-5,8H2,1-3H3. The summed E-state index contributed by atoms with van der Waals surface area (Å²) in [6.45, 7) is 3.94.